The maximum absolute atomic E-state index is 12.9. The molecule has 2 aromatic rings. The third kappa shape index (κ3) is 4.58. The first-order valence-electron chi connectivity index (χ1n) is 10.0. The number of hydrogen-bond acceptors (Lipinski definition) is 6. The first-order valence-corrected chi connectivity index (χ1v) is 10.0. The van der Waals surface area contributed by atoms with Crippen LogP contribution in [0, 0.1) is 19.8 Å². The summed E-state index contributed by atoms with van der Waals surface area (Å²) in [4.78, 5) is 29.3. The van der Waals surface area contributed by atoms with Crippen molar-refractivity contribution in [1.29, 1.82) is 0 Å². The fourth-order valence-electron chi connectivity index (χ4n) is 3.80. The van der Waals surface area contributed by atoms with E-state index in [-0.39, 0.29) is 17.7 Å². The number of rotatable bonds is 6. The molecule has 0 atom stereocenters. The second-order valence-corrected chi connectivity index (χ2v) is 7.66. The topological polar surface area (TPSA) is 85.1 Å². The summed E-state index contributed by atoms with van der Waals surface area (Å²) < 4.78 is 15.7. The number of aryl methyl sites for hydroxylation is 2. The predicted molar refractivity (Wildman–Crippen MR) is 111 cm³/mol. The Morgan fingerprint density at radius 2 is 1.73 bits per heavy atom. The molecule has 3 rings (SSSR count). The molecule has 0 aliphatic carbocycles. The number of aromatic nitrogens is 1. The molecule has 30 heavy (non-hydrogen) atoms. The lowest BCUT2D eigenvalue weighted by Gasteiger charge is -2.33. The summed E-state index contributed by atoms with van der Waals surface area (Å²) in [5.74, 6) is 1.79. The van der Waals surface area contributed by atoms with Gasteiger partial charge in [0.05, 0.1) is 26.5 Å². The van der Waals surface area contributed by atoms with Crippen LogP contribution in [0.3, 0.4) is 0 Å². The monoisotopic (exact) mass is 415 g/mol. The molecule has 2 amide bonds. The highest BCUT2D eigenvalue weighted by Gasteiger charge is 2.30. The van der Waals surface area contributed by atoms with Gasteiger partial charge >= 0.3 is 0 Å². The van der Waals surface area contributed by atoms with Crippen LogP contribution in [0.2, 0.25) is 0 Å². The number of ether oxygens (including phenoxy) is 2. The van der Waals surface area contributed by atoms with Gasteiger partial charge in [-0.1, -0.05) is 5.16 Å². The molecule has 1 fully saturated rings. The molecule has 8 heteroatoms. The van der Waals surface area contributed by atoms with E-state index in [4.69, 9.17) is 14.0 Å². The number of likely N-dealkylation sites (tertiary alicyclic amines) is 1. The lowest BCUT2D eigenvalue weighted by molar-refractivity contribution is -0.136. The van der Waals surface area contributed by atoms with Gasteiger partial charge in [0.15, 0.2) is 0 Å². The van der Waals surface area contributed by atoms with Crippen molar-refractivity contribution >= 4 is 11.8 Å². The molecule has 1 saturated heterocycles. The third-order valence-corrected chi connectivity index (χ3v) is 5.68. The van der Waals surface area contributed by atoms with Crippen molar-refractivity contribution in [3.8, 4) is 11.5 Å². The van der Waals surface area contributed by atoms with Crippen LogP contribution in [0.1, 0.15) is 40.2 Å². The number of amides is 2. The Morgan fingerprint density at radius 1 is 1.13 bits per heavy atom. The van der Waals surface area contributed by atoms with E-state index in [2.05, 4.69) is 5.16 Å². The zero-order valence-electron chi connectivity index (χ0n) is 18.2. The fraction of sp³-hybridized carbons (Fsp3) is 0.500. The third-order valence-electron chi connectivity index (χ3n) is 5.68. The van der Waals surface area contributed by atoms with E-state index in [1.807, 2.05) is 13.8 Å². The van der Waals surface area contributed by atoms with Gasteiger partial charge < -0.3 is 23.8 Å². The number of carbonyl (C=O) groups is 2. The van der Waals surface area contributed by atoms with E-state index in [1.54, 1.807) is 49.3 Å². The molecule has 0 N–H and O–H groups in total. The Labute approximate surface area is 176 Å². The Morgan fingerprint density at radius 3 is 2.23 bits per heavy atom. The highest BCUT2D eigenvalue weighted by Crippen LogP contribution is 2.26. The number of hydrogen-bond donors (Lipinski definition) is 0. The Hall–Kier alpha value is -3.03. The molecule has 1 aromatic heterocycles. The smallest absolute Gasteiger partial charge is 0.254 e. The van der Waals surface area contributed by atoms with Crippen molar-refractivity contribution in [2.45, 2.75) is 33.2 Å². The molecular weight excluding hydrogens is 386 g/mol. The lowest BCUT2D eigenvalue weighted by Crippen LogP contribution is -2.43. The summed E-state index contributed by atoms with van der Waals surface area (Å²) in [7, 11) is 4.91. The number of benzene rings is 1. The van der Waals surface area contributed by atoms with Crippen LogP contribution in [-0.2, 0) is 11.3 Å². The number of methoxy groups -OCH3 is 2. The van der Waals surface area contributed by atoms with E-state index in [9.17, 15) is 9.59 Å². The largest absolute Gasteiger partial charge is 0.497 e. The van der Waals surface area contributed by atoms with Crippen molar-refractivity contribution in [2.24, 2.45) is 5.92 Å². The van der Waals surface area contributed by atoms with Gasteiger partial charge in [0, 0.05) is 43.2 Å². The SMILES string of the molecule is COc1cc(OC)cc(C(=O)N2CCC(C(=O)N(C)Cc3c(C)noc3C)CC2)c1. The van der Waals surface area contributed by atoms with Crippen molar-refractivity contribution in [3.63, 3.8) is 0 Å². The molecule has 0 spiro atoms. The van der Waals surface area contributed by atoms with E-state index in [1.165, 1.54) is 0 Å². The minimum atomic E-state index is -0.0978. The van der Waals surface area contributed by atoms with Crippen molar-refractivity contribution in [3.05, 3.63) is 40.8 Å². The zero-order valence-corrected chi connectivity index (χ0v) is 18.2. The molecule has 8 nitrogen and oxygen atoms in total. The summed E-state index contributed by atoms with van der Waals surface area (Å²) in [6.45, 7) is 5.28. The van der Waals surface area contributed by atoms with Crippen molar-refractivity contribution in [2.75, 3.05) is 34.4 Å². The zero-order chi connectivity index (χ0) is 21.8. The van der Waals surface area contributed by atoms with Gasteiger partial charge in [-0.3, -0.25) is 9.59 Å². The molecule has 1 aliphatic rings. The van der Waals surface area contributed by atoms with Crippen LogP contribution in [0.4, 0.5) is 0 Å². The molecule has 162 valence electrons. The summed E-state index contributed by atoms with van der Waals surface area (Å²) in [5, 5.41) is 3.95. The normalized spacial score (nSPS) is 14.5. The van der Waals surface area contributed by atoms with Gasteiger partial charge in [-0.2, -0.15) is 0 Å². The summed E-state index contributed by atoms with van der Waals surface area (Å²) in [6.07, 6.45) is 1.27. The maximum Gasteiger partial charge on any atom is 0.254 e. The van der Waals surface area contributed by atoms with Crippen LogP contribution >= 0.6 is 0 Å². The van der Waals surface area contributed by atoms with Gasteiger partial charge in [0.25, 0.3) is 5.91 Å². The highest BCUT2D eigenvalue weighted by atomic mass is 16.5. The average molecular weight is 415 g/mol. The molecule has 0 unspecified atom stereocenters. The van der Waals surface area contributed by atoms with Crippen LogP contribution < -0.4 is 9.47 Å². The molecule has 2 heterocycles. The fourth-order valence-corrected chi connectivity index (χ4v) is 3.80. The van der Waals surface area contributed by atoms with Gasteiger partial charge in [0.2, 0.25) is 5.91 Å². The lowest BCUT2D eigenvalue weighted by atomic mass is 9.94. The minimum absolute atomic E-state index is 0.0813. The summed E-state index contributed by atoms with van der Waals surface area (Å²) >= 11 is 0. The Balaban J connectivity index is 1.60. The number of piperidine rings is 1. The number of carbonyl (C=O) groups excluding carboxylic acids is 2. The predicted octanol–water partition coefficient (Wildman–Crippen LogP) is 2.82. The Bertz CT molecular complexity index is 874. The standard InChI is InChI=1S/C22H29N3O5/c1-14-20(15(2)30-23-14)13-24(3)21(26)16-6-8-25(9-7-16)22(27)17-10-18(28-4)12-19(11-17)29-5/h10-12,16H,6-9,13H2,1-5H3. The van der Waals surface area contributed by atoms with Crippen molar-refractivity contribution < 1.29 is 23.6 Å². The highest BCUT2D eigenvalue weighted by molar-refractivity contribution is 5.95. The van der Waals surface area contributed by atoms with Crippen molar-refractivity contribution in [1.82, 2.24) is 15.0 Å². The summed E-state index contributed by atoms with van der Waals surface area (Å²) in [6, 6.07) is 5.15. The molecule has 1 aromatic carbocycles. The summed E-state index contributed by atoms with van der Waals surface area (Å²) in [5.41, 5.74) is 2.28. The Kier molecular flexibility index (Phi) is 6.64. The molecule has 1 aliphatic heterocycles. The van der Waals surface area contributed by atoms with Crippen LogP contribution in [-0.4, -0.2) is 61.1 Å². The van der Waals surface area contributed by atoms with E-state index in [0.717, 1.165) is 17.0 Å². The first kappa shape index (κ1) is 21.7. The first-order chi connectivity index (χ1) is 14.3. The average Bonchev–Trinajstić information content (AvgIpc) is 3.09. The van der Waals surface area contributed by atoms with E-state index in [0.29, 0.717) is 49.5 Å². The molecule has 0 bridgehead atoms. The van der Waals surface area contributed by atoms with Gasteiger partial charge in [-0.05, 0) is 38.8 Å². The quantitative estimate of drug-likeness (QED) is 0.721. The number of nitrogens with zero attached hydrogens (tertiary/aromatic N) is 3. The molecular formula is C22H29N3O5. The maximum atomic E-state index is 12.9. The molecule has 0 saturated carbocycles. The van der Waals surface area contributed by atoms with Gasteiger partial charge in [-0.15, -0.1) is 0 Å². The van der Waals surface area contributed by atoms with Crippen LogP contribution in [0.5, 0.6) is 11.5 Å². The van der Waals surface area contributed by atoms with Crippen LogP contribution in [0.25, 0.3) is 0 Å². The second kappa shape index (κ2) is 9.19. The second-order valence-electron chi connectivity index (χ2n) is 7.66. The van der Waals surface area contributed by atoms with E-state index >= 15 is 0 Å². The van der Waals surface area contributed by atoms with Gasteiger partial charge in [-0.25, -0.2) is 0 Å². The van der Waals surface area contributed by atoms with E-state index < -0.39 is 0 Å². The molecule has 0 radical (unpaired) electrons. The van der Waals surface area contributed by atoms with Crippen LogP contribution in [0.15, 0.2) is 22.7 Å². The van der Waals surface area contributed by atoms with Gasteiger partial charge in [0.1, 0.15) is 17.3 Å². The minimum Gasteiger partial charge on any atom is -0.497 e.